The number of pyridine rings is 1. The van der Waals surface area contributed by atoms with Gasteiger partial charge in [-0.05, 0) is 13.3 Å². The van der Waals surface area contributed by atoms with E-state index in [1.54, 1.807) is 0 Å². The lowest BCUT2D eigenvalue weighted by atomic mass is 10.2. The van der Waals surface area contributed by atoms with E-state index in [9.17, 15) is 19.7 Å². The Morgan fingerprint density at radius 3 is 2.71 bits per heavy atom. The minimum absolute atomic E-state index is 0.189. The number of aromatic nitrogens is 1. The second-order valence-electron chi connectivity index (χ2n) is 4.85. The van der Waals surface area contributed by atoms with E-state index in [1.807, 2.05) is 0 Å². The highest BCUT2D eigenvalue weighted by atomic mass is 16.6. The molecule has 0 aromatic carbocycles. The Morgan fingerprint density at radius 2 is 2.10 bits per heavy atom. The monoisotopic (exact) mass is 296 g/mol. The van der Waals surface area contributed by atoms with Crippen molar-refractivity contribution < 1.29 is 14.5 Å². The second kappa shape index (κ2) is 8.18. The number of carbonyl (C=O) groups is 1. The van der Waals surface area contributed by atoms with Gasteiger partial charge in [0.25, 0.3) is 11.2 Å². The summed E-state index contributed by atoms with van der Waals surface area (Å²) in [6, 6.07) is 1.15. The zero-order valence-electron chi connectivity index (χ0n) is 12.3. The van der Waals surface area contributed by atoms with Crippen molar-refractivity contribution >= 4 is 11.7 Å². The normalized spacial score (nSPS) is 10.4. The number of unbranched alkanes of at least 4 members (excludes halogenated alkanes) is 3. The van der Waals surface area contributed by atoms with Crippen LogP contribution < -0.4 is 5.56 Å². The third kappa shape index (κ3) is 5.37. The minimum atomic E-state index is -0.582. The number of hydrogen-bond donors (Lipinski definition) is 0. The van der Waals surface area contributed by atoms with E-state index in [2.05, 4.69) is 6.92 Å². The van der Waals surface area contributed by atoms with Crippen molar-refractivity contribution in [2.75, 3.05) is 6.61 Å². The molecule has 7 heteroatoms. The lowest BCUT2D eigenvalue weighted by Gasteiger charge is -2.07. The molecule has 0 unspecified atom stereocenters. The van der Waals surface area contributed by atoms with Gasteiger partial charge in [-0.15, -0.1) is 0 Å². The highest BCUT2D eigenvalue weighted by Gasteiger charge is 2.15. The Balaban J connectivity index is 2.62. The molecule has 1 aromatic rings. The van der Waals surface area contributed by atoms with E-state index in [0.29, 0.717) is 6.61 Å². The highest BCUT2D eigenvalue weighted by molar-refractivity contribution is 5.69. The summed E-state index contributed by atoms with van der Waals surface area (Å²) in [5.74, 6) is -0.563. The molecule has 1 rings (SSSR count). The Kier molecular flexibility index (Phi) is 6.58. The molecule has 21 heavy (non-hydrogen) atoms. The highest BCUT2D eigenvalue weighted by Crippen LogP contribution is 2.13. The quantitative estimate of drug-likeness (QED) is 0.317. The molecule has 0 atom stereocenters. The van der Waals surface area contributed by atoms with Gasteiger partial charge in [0.05, 0.1) is 17.7 Å². The number of aryl methyl sites for hydroxylation is 1. The first kappa shape index (κ1) is 16.9. The van der Waals surface area contributed by atoms with Crippen LogP contribution in [0.25, 0.3) is 0 Å². The third-order valence-corrected chi connectivity index (χ3v) is 3.06. The first-order chi connectivity index (χ1) is 9.95. The maximum atomic E-state index is 11.7. The molecule has 0 saturated heterocycles. The Hall–Kier alpha value is -2.18. The van der Waals surface area contributed by atoms with Crippen molar-refractivity contribution in [2.45, 2.75) is 46.1 Å². The summed E-state index contributed by atoms with van der Waals surface area (Å²) in [7, 11) is 0. The number of carbonyl (C=O) groups excluding carboxylic acids is 1. The van der Waals surface area contributed by atoms with Crippen LogP contribution in [0.15, 0.2) is 17.1 Å². The Bertz CT molecular complexity index is 565. The second-order valence-corrected chi connectivity index (χ2v) is 4.85. The number of ether oxygens (including phenoxy) is 1. The summed E-state index contributed by atoms with van der Waals surface area (Å²) in [6.07, 6.45) is 5.02. The van der Waals surface area contributed by atoms with Crippen LogP contribution in [0, 0.1) is 17.0 Å². The van der Waals surface area contributed by atoms with Crippen molar-refractivity contribution in [2.24, 2.45) is 0 Å². The predicted molar refractivity (Wildman–Crippen MR) is 77.2 cm³/mol. The molecule has 0 amide bonds. The van der Waals surface area contributed by atoms with Crippen LogP contribution in [0.4, 0.5) is 5.69 Å². The maximum absolute atomic E-state index is 11.7. The summed E-state index contributed by atoms with van der Waals surface area (Å²) in [5.41, 5.74) is -0.374. The molecule has 0 saturated carbocycles. The van der Waals surface area contributed by atoms with Gasteiger partial charge >= 0.3 is 5.97 Å². The fourth-order valence-electron chi connectivity index (χ4n) is 1.87. The van der Waals surface area contributed by atoms with Gasteiger partial charge in [0.15, 0.2) is 0 Å². The third-order valence-electron chi connectivity index (χ3n) is 3.06. The van der Waals surface area contributed by atoms with Crippen LogP contribution in [0.1, 0.15) is 38.2 Å². The van der Waals surface area contributed by atoms with Crippen molar-refractivity contribution in [3.05, 3.63) is 38.3 Å². The van der Waals surface area contributed by atoms with Crippen molar-refractivity contribution in [1.29, 1.82) is 0 Å². The molecule has 0 aliphatic carbocycles. The first-order valence-corrected chi connectivity index (χ1v) is 6.96. The number of rotatable bonds is 8. The zero-order valence-corrected chi connectivity index (χ0v) is 12.3. The lowest BCUT2D eigenvalue weighted by Crippen LogP contribution is -2.25. The molecule has 0 radical (unpaired) electrons. The van der Waals surface area contributed by atoms with Crippen LogP contribution in [0.2, 0.25) is 0 Å². The first-order valence-electron chi connectivity index (χ1n) is 6.96. The molecular formula is C14H20N2O5. The van der Waals surface area contributed by atoms with Crippen LogP contribution in [0.3, 0.4) is 0 Å². The van der Waals surface area contributed by atoms with E-state index in [1.165, 1.54) is 6.92 Å². The summed E-state index contributed by atoms with van der Waals surface area (Å²) in [5, 5.41) is 10.8. The minimum Gasteiger partial charge on any atom is -0.464 e. The number of hydrogen-bond acceptors (Lipinski definition) is 5. The van der Waals surface area contributed by atoms with Crippen LogP contribution in [-0.4, -0.2) is 22.1 Å². The van der Waals surface area contributed by atoms with E-state index in [4.69, 9.17) is 4.74 Å². The zero-order chi connectivity index (χ0) is 15.8. The fraction of sp³-hybridized carbons (Fsp3) is 0.571. The average Bonchev–Trinajstić information content (AvgIpc) is 2.41. The fourth-order valence-corrected chi connectivity index (χ4v) is 1.87. The molecule has 0 fully saturated rings. The molecule has 0 N–H and O–H groups in total. The van der Waals surface area contributed by atoms with Gasteiger partial charge in [-0.3, -0.25) is 24.3 Å². The van der Waals surface area contributed by atoms with Crippen molar-refractivity contribution in [1.82, 2.24) is 4.57 Å². The van der Waals surface area contributed by atoms with Crippen LogP contribution in [0.5, 0.6) is 0 Å². The maximum Gasteiger partial charge on any atom is 0.326 e. The van der Waals surface area contributed by atoms with Gasteiger partial charge in [-0.1, -0.05) is 26.2 Å². The molecular weight excluding hydrogens is 276 g/mol. The van der Waals surface area contributed by atoms with Crippen LogP contribution >= 0.6 is 0 Å². The number of nitro groups is 1. The summed E-state index contributed by atoms with van der Waals surface area (Å²) in [6.45, 7) is 3.56. The molecule has 1 heterocycles. The van der Waals surface area contributed by atoms with Gasteiger partial charge in [0, 0.05) is 11.6 Å². The van der Waals surface area contributed by atoms with E-state index >= 15 is 0 Å². The van der Waals surface area contributed by atoms with E-state index < -0.39 is 16.5 Å². The molecule has 116 valence electrons. The topological polar surface area (TPSA) is 91.4 Å². The van der Waals surface area contributed by atoms with Crippen molar-refractivity contribution in [3.63, 3.8) is 0 Å². The van der Waals surface area contributed by atoms with Crippen molar-refractivity contribution in [3.8, 4) is 0 Å². The van der Waals surface area contributed by atoms with E-state index in [0.717, 1.165) is 42.5 Å². The molecule has 1 aromatic heterocycles. The number of esters is 1. The van der Waals surface area contributed by atoms with Gasteiger partial charge in [-0.25, -0.2) is 0 Å². The molecule has 0 bridgehead atoms. The lowest BCUT2D eigenvalue weighted by molar-refractivity contribution is -0.385. The molecule has 0 aliphatic heterocycles. The standard InChI is InChI=1S/C14H20N2O5/c1-3-4-5-6-7-21-14(18)10-15-9-12(16(19)20)11(2)8-13(15)17/h8-9H,3-7,10H2,1-2H3. The summed E-state index contributed by atoms with van der Waals surface area (Å²) < 4.78 is 6.01. The van der Waals surface area contributed by atoms with Gasteiger partial charge in [0.2, 0.25) is 0 Å². The largest absolute Gasteiger partial charge is 0.464 e. The number of nitrogens with zero attached hydrogens (tertiary/aromatic N) is 2. The molecule has 7 nitrogen and oxygen atoms in total. The smallest absolute Gasteiger partial charge is 0.326 e. The van der Waals surface area contributed by atoms with Crippen LogP contribution in [-0.2, 0) is 16.1 Å². The summed E-state index contributed by atoms with van der Waals surface area (Å²) >= 11 is 0. The summed E-state index contributed by atoms with van der Waals surface area (Å²) in [4.78, 5) is 33.5. The Morgan fingerprint density at radius 1 is 1.38 bits per heavy atom. The molecule has 0 aliphatic rings. The van der Waals surface area contributed by atoms with E-state index in [-0.39, 0.29) is 17.8 Å². The Labute approximate surface area is 122 Å². The molecule has 0 spiro atoms. The average molecular weight is 296 g/mol. The SMILES string of the molecule is CCCCCCOC(=O)Cn1cc([N+](=O)[O-])c(C)cc1=O. The van der Waals surface area contributed by atoms with Gasteiger partial charge in [0.1, 0.15) is 6.54 Å². The van der Waals surface area contributed by atoms with Gasteiger partial charge in [-0.2, -0.15) is 0 Å². The predicted octanol–water partition coefficient (Wildman–Crippen LogP) is 2.19. The van der Waals surface area contributed by atoms with Gasteiger partial charge < -0.3 is 4.74 Å².